The largest absolute Gasteiger partial charge is 0.478 e. The summed E-state index contributed by atoms with van der Waals surface area (Å²) in [5.41, 5.74) is 0.0747. The van der Waals surface area contributed by atoms with Crippen LogP contribution in [0.2, 0.25) is 0 Å². The maximum atomic E-state index is 10.2. The molecule has 1 N–H and O–H groups in total. The predicted molar refractivity (Wildman–Crippen MR) is 37.3 cm³/mol. The van der Waals surface area contributed by atoms with Gasteiger partial charge >= 0.3 is 5.97 Å². The second kappa shape index (κ2) is 3.50. The predicted octanol–water partition coefficient (Wildman–Crippen LogP) is 0.0426. The fourth-order valence-corrected chi connectivity index (χ4v) is 0.540. The van der Waals surface area contributed by atoms with Gasteiger partial charge in [-0.05, 0) is 0 Å². The van der Waals surface area contributed by atoms with Gasteiger partial charge in [0.05, 0.1) is 25.4 Å². The minimum absolute atomic E-state index is 0.0747. The number of aliphatic carboxylic acids is 1. The molecule has 1 atom stereocenters. The molecule has 1 heterocycles. The molecule has 4 nitrogen and oxygen atoms in total. The van der Waals surface area contributed by atoms with Crippen molar-refractivity contribution in [1.29, 1.82) is 0 Å². The van der Waals surface area contributed by atoms with E-state index < -0.39 is 5.97 Å². The van der Waals surface area contributed by atoms with Crippen molar-refractivity contribution in [2.45, 2.75) is 6.10 Å². The van der Waals surface area contributed by atoms with Crippen molar-refractivity contribution in [2.24, 2.45) is 0 Å². The lowest BCUT2D eigenvalue weighted by molar-refractivity contribution is -0.133. The molecule has 0 aromatic rings. The second-order valence-corrected chi connectivity index (χ2v) is 2.38. The lowest BCUT2D eigenvalue weighted by atomic mass is 10.3. The number of hydrogen-bond donors (Lipinski definition) is 1. The molecule has 0 aromatic heterocycles. The molecule has 0 aromatic carbocycles. The van der Waals surface area contributed by atoms with E-state index in [2.05, 4.69) is 6.58 Å². The number of ether oxygens (including phenoxy) is 2. The summed E-state index contributed by atoms with van der Waals surface area (Å²) < 4.78 is 9.82. The molecule has 0 bridgehead atoms. The van der Waals surface area contributed by atoms with Crippen LogP contribution < -0.4 is 0 Å². The van der Waals surface area contributed by atoms with Crippen molar-refractivity contribution in [3.63, 3.8) is 0 Å². The molecule has 4 heteroatoms. The number of epoxide rings is 1. The molecule has 1 unspecified atom stereocenters. The Bertz CT molecular complexity index is 171. The summed E-state index contributed by atoms with van der Waals surface area (Å²) in [6.45, 7) is 4.57. The van der Waals surface area contributed by atoms with Crippen LogP contribution in [0.4, 0.5) is 0 Å². The van der Waals surface area contributed by atoms with Gasteiger partial charge in [-0.1, -0.05) is 6.58 Å². The van der Waals surface area contributed by atoms with E-state index in [1.54, 1.807) is 0 Å². The van der Waals surface area contributed by atoms with Gasteiger partial charge in [0.25, 0.3) is 0 Å². The lowest BCUT2D eigenvalue weighted by Crippen LogP contribution is -2.09. The van der Waals surface area contributed by atoms with Gasteiger partial charge in [-0.3, -0.25) is 0 Å². The Hall–Kier alpha value is -0.870. The summed E-state index contributed by atoms with van der Waals surface area (Å²) in [5.74, 6) is -1.01. The molecule has 0 saturated carbocycles. The molecule has 0 radical (unpaired) electrons. The topological polar surface area (TPSA) is 59.1 Å². The highest BCUT2D eigenvalue weighted by Crippen LogP contribution is 2.08. The van der Waals surface area contributed by atoms with Crippen LogP contribution in [0.25, 0.3) is 0 Å². The van der Waals surface area contributed by atoms with Gasteiger partial charge in [-0.2, -0.15) is 0 Å². The minimum Gasteiger partial charge on any atom is -0.478 e. The van der Waals surface area contributed by atoms with Crippen molar-refractivity contribution in [1.82, 2.24) is 0 Å². The van der Waals surface area contributed by atoms with Crippen LogP contribution in [0, 0.1) is 0 Å². The van der Waals surface area contributed by atoms with Crippen LogP contribution in [0.15, 0.2) is 12.2 Å². The van der Waals surface area contributed by atoms with E-state index in [-0.39, 0.29) is 18.3 Å². The fraction of sp³-hybridized carbons (Fsp3) is 0.571. The van der Waals surface area contributed by atoms with Crippen molar-refractivity contribution < 1.29 is 19.4 Å². The lowest BCUT2D eigenvalue weighted by Gasteiger charge is -1.99. The van der Waals surface area contributed by atoms with Crippen LogP contribution in [0.3, 0.4) is 0 Å². The number of hydrogen-bond acceptors (Lipinski definition) is 3. The van der Waals surface area contributed by atoms with E-state index in [0.29, 0.717) is 6.61 Å². The molecule has 1 aliphatic heterocycles. The summed E-state index contributed by atoms with van der Waals surface area (Å²) in [5, 5.41) is 8.35. The zero-order valence-corrected chi connectivity index (χ0v) is 6.08. The van der Waals surface area contributed by atoms with Crippen molar-refractivity contribution in [3.8, 4) is 0 Å². The van der Waals surface area contributed by atoms with Crippen LogP contribution in [-0.2, 0) is 14.3 Å². The van der Waals surface area contributed by atoms with Gasteiger partial charge in [-0.15, -0.1) is 0 Å². The monoisotopic (exact) mass is 158 g/mol. The Labute approximate surface area is 64.4 Å². The minimum atomic E-state index is -1.01. The number of carboxylic acids is 1. The number of carbonyl (C=O) groups is 1. The fourth-order valence-electron chi connectivity index (χ4n) is 0.540. The standard InChI is InChI=1S/C7H10O4/c1-5(7(8)9)2-10-3-6-4-11-6/h6H,1-4H2,(H,8,9). The third-order valence-electron chi connectivity index (χ3n) is 1.28. The SMILES string of the molecule is C=C(COCC1CO1)C(=O)O. The van der Waals surface area contributed by atoms with Gasteiger partial charge in [-0.25, -0.2) is 4.79 Å². The average Bonchev–Trinajstić information content (AvgIpc) is 2.71. The molecule has 62 valence electrons. The van der Waals surface area contributed by atoms with Crippen molar-refractivity contribution >= 4 is 5.97 Å². The van der Waals surface area contributed by atoms with Crippen LogP contribution in [-0.4, -0.2) is 37.0 Å². The van der Waals surface area contributed by atoms with Gasteiger partial charge in [0, 0.05) is 0 Å². The maximum absolute atomic E-state index is 10.2. The molecular formula is C7H10O4. The van der Waals surface area contributed by atoms with Gasteiger partial charge in [0.1, 0.15) is 6.10 Å². The third kappa shape index (κ3) is 3.15. The Morgan fingerprint density at radius 2 is 2.45 bits per heavy atom. The zero-order valence-electron chi connectivity index (χ0n) is 6.08. The molecule has 1 aliphatic rings. The Morgan fingerprint density at radius 3 is 2.91 bits per heavy atom. The van der Waals surface area contributed by atoms with Crippen LogP contribution >= 0.6 is 0 Å². The summed E-state index contributed by atoms with van der Waals surface area (Å²) in [6.07, 6.45) is 0.177. The average molecular weight is 158 g/mol. The highest BCUT2D eigenvalue weighted by Gasteiger charge is 2.22. The van der Waals surface area contributed by atoms with Gasteiger partial charge in [0.15, 0.2) is 0 Å². The van der Waals surface area contributed by atoms with E-state index in [0.717, 1.165) is 6.61 Å². The van der Waals surface area contributed by atoms with Gasteiger partial charge in [0.2, 0.25) is 0 Å². The summed E-state index contributed by atoms with van der Waals surface area (Å²) in [6, 6.07) is 0. The van der Waals surface area contributed by atoms with E-state index in [4.69, 9.17) is 14.6 Å². The zero-order chi connectivity index (χ0) is 8.27. The Kier molecular flexibility index (Phi) is 2.62. The Morgan fingerprint density at radius 1 is 1.82 bits per heavy atom. The molecule has 0 amide bonds. The van der Waals surface area contributed by atoms with E-state index in [9.17, 15) is 4.79 Å². The van der Waals surface area contributed by atoms with Crippen LogP contribution in [0.1, 0.15) is 0 Å². The molecular weight excluding hydrogens is 148 g/mol. The maximum Gasteiger partial charge on any atom is 0.333 e. The molecule has 1 fully saturated rings. The summed E-state index contributed by atoms with van der Waals surface area (Å²) in [4.78, 5) is 10.2. The van der Waals surface area contributed by atoms with Crippen molar-refractivity contribution in [3.05, 3.63) is 12.2 Å². The Balaban J connectivity index is 2.01. The molecule has 0 aliphatic carbocycles. The first-order chi connectivity index (χ1) is 5.20. The number of carboxylic acid groups (broad SMARTS) is 1. The van der Waals surface area contributed by atoms with E-state index in [1.807, 2.05) is 0 Å². The highest BCUT2D eigenvalue weighted by molar-refractivity contribution is 5.85. The molecule has 1 saturated heterocycles. The quantitative estimate of drug-likeness (QED) is 0.453. The molecule has 1 rings (SSSR count). The highest BCUT2D eigenvalue weighted by atomic mass is 16.6. The van der Waals surface area contributed by atoms with Crippen LogP contribution in [0.5, 0.6) is 0 Å². The third-order valence-corrected chi connectivity index (χ3v) is 1.28. The molecule has 0 spiro atoms. The van der Waals surface area contributed by atoms with E-state index >= 15 is 0 Å². The second-order valence-electron chi connectivity index (χ2n) is 2.38. The smallest absolute Gasteiger partial charge is 0.333 e. The number of rotatable bonds is 5. The normalized spacial score (nSPS) is 21.3. The van der Waals surface area contributed by atoms with E-state index in [1.165, 1.54) is 0 Å². The van der Waals surface area contributed by atoms with Gasteiger partial charge < -0.3 is 14.6 Å². The first-order valence-corrected chi connectivity index (χ1v) is 3.30. The van der Waals surface area contributed by atoms with Crippen molar-refractivity contribution in [2.75, 3.05) is 19.8 Å². The molecule has 11 heavy (non-hydrogen) atoms. The summed E-state index contributed by atoms with van der Waals surface area (Å²) in [7, 11) is 0. The first kappa shape index (κ1) is 8.23. The summed E-state index contributed by atoms with van der Waals surface area (Å²) >= 11 is 0. The first-order valence-electron chi connectivity index (χ1n) is 3.30.